The fourth-order valence-electron chi connectivity index (χ4n) is 2.49. The Morgan fingerprint density at radius 2 is 1.88 bits per heavy atom. The first-order chi connectivity index (χ1) is 12.4. The lowest BCUT2D eigenvalue weighted by Crippen LogP contribution is -2.29. The quantitative estimate of drug-likeness (QED) is 0.180. The van der Waals surface area contributed by atoms with Crippen LogP contribution in [0.5, 0.6) is 0 Å². The first kappa shape index (κ1) is 17.7. The van der Waals surface area contributed by atoms with Gasteiger partial charge in [-0.15, -0.1) is 4.73 Å². The van der Waals surface area contributed by atoms with Crippen LogP contribution in [-0.4, -0.2) is 42.3 Å². The van der Waals surface area contributed by atoms with Crippen molar-refractivity contribution in [1.82, 2.24) is 14.4 Å². The molecule has 2 aromatic carbocycles. The molecule has 1 aromatic heterocycles. The standard InChI is InChI=1S/C16H18N6O3S/c17-15(18)12-7-4-8-13-14(12)22(23)16(21-13)19-9-10-20-26(24,25)11-5-2-1-3-6-11/h1-8,20,23H,9-10H2,(H3,17,18)(H,19,21). The van der Waals surface area contributed by atoms with Gasteiger partial charge in [-0.1, -0.05) is 24.3 Å². The Labute approximate surface area is 150 Å². The molecule has 0 aliphatic rings. The molecule has 0 fully saturated rings. The van der Waals surface area contributed by atoms with E-state index in [4.69, 9.17) is 11.1 Å². The molecule has 0 bridgehead atoms. The second-order valence-corrected chi connectivity index (χ2v) is 7.24. The Hall–Kier alpha value is -3.11. The molecule has 0 aliphatic heterocycles. The highest BCUT2D eigenvalue weighted by molar-refractivity contribution is 7.89. The zero-order valence-corrected chi connectivity index (χ0v) is 14.5. The van der Waals surface area contributed by atoms with Crippen molar-refractivity contribution in [3.63, 3.8) is 0 Å². The summed E-state index contributed by atoms with van der Waals surface area (Å²) < 4.78 is 27.5. The van der Waals surface area contributed by atoms with E-state index in [1.54, 1.807) is 36.4 Å². The minimum Gasteiger partial charge on any atom is -0.425 e. The molecule has 0 unspecified atom stereocenters. The van der Waals surface area contributed by atoms with Crippen LogP contribution in [0.3, 0.4) is 0 Å². The number of hydrogen-bond acceptors (Lipinski definition) is 6. The number of nitrogens with one attached hydrogen (secondary N) is 3. The van der Waals surface area contributed by atoms with Gasteiger partial charge < -0.3 is 16.3 Å². The number of anilines is 1. The molecule has 0 amide bonds. The first-order valence-electron chi connectivity index (χ1n) is 7.74. The number of nitrogens with zero attached hydrogens (tertiary/aromatic N) is 2. The summed E-state index contributed by atoms with van der Waals surface area (Å²) >= 11 is 0. The second kappa shape index (κ2) is 7.02. The minimum absolute atomic E-state index is 0.0972. The molecule has 6 N–H and O–H groups in total. The number of fused-ring (bicyclic) bond motifs is 1. The van der Waals surface area contributed by atoms with Gasteiger partial charge in [0.2, 0.25) is 16.0 Å². The maximum atomic E-state index is 12.1. The SMILES string of the molecule is N=C(N)c1cccc2nc(NCCNS(=O)(=O)c3ccccc3)n(O)c12. The summed E-state index contributed by atoms with van der Waals surface area (Å²) in [6.07, 6.45) is 0. The van der Waals surface area contributed by atoms with E-state index < -0.39 is 10.0 Å². The molecule has 0 radical (unpaired) electrons. The van der Waals surface area contributed by atoms with Crippen molar-refractivity contribution < 1.29 is 13.6 Å². The fraction of sp³-hybridized carbons (Fsp3) is 0.125. The summed E-state index contributed by atoms with van der Waals surface area (Å²) in [6.45, 7) is 0.297. The van der Waals surface area contributed by atoms with Gasteiger partial charge in [0.15, 0.2) is 0 Å². The molecule has 26 heavy (non-hydrogen) atoms. The Morgan fingerprint density at radius 1 is 1.15 bits per heavy atom. The van der Waals surface area contributed by atoms with Crippen LogP contribution in [0.4, 0.5) is 5.95 Å². The third-order valence-electron chi connectivity index (χ3n) is 3.70. The van der Waals surface area contributed by atoms with Crippen LogP contribution in [0.15, 0.2) is 53.4 Å². The number of nitrogen functional groups attached to an aromatic ring is 1. The van der Waals surface area contributed by atoms with E-state index in [9.17, 15) is 13.6 Å². The first-order valence-corrected chi connectivity index (χ1v) is 9.22. The molecular formula is C16H18N6O3S. The van der Waals surface area contributed by atoms with Crippen molar-refractivity contribution in [2.45, 2.75) is 4.90 Å². The number of hydrogen-bond donors (Lipinski definition) is 5. The van der Waals surface area contributed by atoms with E-state index in [-0.39, 0.29) is 29.8 Å². The van der Waals surface area contributed by atoms with Crippen LogP contribution >= 0.6 is 0 Å². The summed E-state index contributed by atoms with van der Waals surface area (Å²) in [5.74, 6) is -0.0550. The molecule has 136 valence electrons. The second-order valence-electron chi connectivity index (χ2n) is 5.47. The van der Waals surface area contributed by atoms with E-state index in [0.717, 1.165) is 4.73 Å². The number of nitrogens with two attached hydrogens (primary N) is 1. The number of aromatic nitrogens is 2. The number of sulfonamides is 1. The largest absolute Gasteiger partial charge is 0.425 e. The third kappa shape index (κ3) is 3.46. The summed E-state index contributed by atoms with van der Waals surface area (Å²) in [4.78, 5) is 4.40. The third-order valence-corrected chi connectivity index (χ3v) is 5.17. The molecule has 0 spiro atoms. The van der Waals surface area contributed by atoms with Crippen LogP contribution in [-0.2, 0) is 10.0 Å². The Bertz CT molecular complexity index is 1050. The van der Waals surface area contributed by atoms with Crippen molar-refractivity contribution in [2.24, 2.45) is 5.73 Å². The molecule has 3 aromatic rings. The Morgan fingerprint density at radius 3 is 2.58 bits per heavy atom. The van der Waals surface area contributed by atoms with Gasteiger partial charge in [-0.3, -0.25) is 5.41 Å². The monoisotopic (exact) mass is 374 g/mol. The average molecular weight is 374 g/mol. The summed E-state index contributed by atoms with van der Waals surface area (Å²) in [7, 11) is -3.59. The molecule has 10 heteroatoms. The van der Waals surface area contributed by atoms with E-state index >= 15 is 0 Å². The van der Waals surface area contributed by atoms with Crippen LogP contribution in [0.1, 0.15) is 5.56 Å². The van der Waals surface area contributed by atoms with Crippen molar-refractivity contribution in [3.05, 3.63) is 54.1 Å². The van der Waals surface area contributed by atoms with Crippen LogP contribution in [0, 0.1) is 5.41 Å². The van der Waals surface area contributed by atoms with Crippen molar-refractivity contribution in [2.75, 3.05) is 18.4 Å². The number of para-hydroxylation sites is 1. The molecule has 9 nitrogen and oxygen atoms in total. The van der Waals surface area contributed by atoms with Gasteiger partial charge in [-0.05, 0) is 24.3 Å². The molecule has 3 rings (SSSR count). The molecule has 0 saturated heterocycles. The number of amidine groups is 1. The fourth-order valence-corrected chi connectivity index (χ4v) is 3.54. The van der Waals surface area contributed by atoms with Crippen LogP contribution < -0.4 is 15.8 Å². The zero-order chi connectivity index (χ0) is 18.7. The normalized spacial score (nSPS) is 11.5. The number of rotatable bonds is 7. The summed E-state index contributed by atoms with van der Waals surface area (Å²) in [5, 5.41) is 20.7. The Kier molecular flexibility index (Phi) is 4.78. The lowest BCUT2D eigenvalue weighted by atomic mass is 10.2. The maximum absolute atomic E-state index is 12.1. The lowest BCUT2D eigenvalue weighted by molar-refractivity contribution is 0.203. The molecule has 0 aliphatic carbocycles. The molecule has 1 heterocycles. The van der Waals surface area contributed by atoms with Crippen molar-refractivity contribution in [3.8, 4) is 0 Å². The molecular weight excluding hydrogens is 356 g/mol. The van der Waals surface area contributed by atoms with Crippen LogP contribution in [0.25, 0.3) is 11.0 Å². The summed E-state index contributed by atoms with van der Waals surface area (Å²) in [5.41, 5.74) is 6.65. The highest BCUT2D eigenvalue weighted by atomic mass is 32.2. The van der Waals surface area contributed by atoms with Crippen molar-refractivity contribution in [1.29, 1.82) is 5.41 Å². The summed E-state index contributed by atoms with van der Waals surface area (Å²) in [6, 6.07) is 13.0. The van der Waals surface area contributed by atoms with Gasteiger partial charge in [-0.25, -0.2) is 18.1 Å². The highest BCUT2D eigenvalue weighted by Crippen LogP contribution is 2.21. The predicted octanol–water partition coefficient (Wildman–Crippen LogP) is 0.948. The Balaban J connectivity index is 1.68. The van der Waals surface area contributed by atoms with Gasteiger partial charge in [0.25, 0.3) is 0 Å². The number of benzene rings is 2. The van der Waals surface area contributed by atoms with E-state index in [0.29, 0.717) is 16.6 Å². The number of imidazole rings is 1. The van der Waals surface area contributed by atoms with Crippen molar-refractivity contribution >= 4 is 32.8 Å². The smallest absolute Gasteiger partial charge is 0.240 e. The lowest BCUT2D eigenvalue weighted by Gasteiger charge is -2.08. The van der Waals surface area contributed by atoms with Gasteiger partial charge in [0.05, 0.1) is 10.4 Å². The van der Waals surface area contributed by atoms with Crippen LogP contribution in [0.2, 0.25) is 0 Å². The molecule has 0 saturated carbocycles. The average Bonchev–Trinajstić information content (AvgIpc) is 2.95. The van der Waals surface area contributed by atoms with E-state index in [1.165, 1.54) is 12.1 Å². The minimum atomic E-state index is -3.59. The maximum Gasteiger partial charge on any atom is 0.240 e. The van der Waals surface area contributed by atoms with Gasteiger partial charge in [-0.2, -0.15) is 0 Å². The highest BCUT2D eigenvalue weighted by Gasteiger charge is 2.16. The van der Waals surface area contributed by atoms with Gasteiger partial charge in [0.1, 0.15) is 11.4 Å². The van der Waals surface area contributed by atoms with Gasteiger partial charge in [0, 0.05) is 18.7 Å². The molecule has 0 atom stereocenters. The topological polar surface area (TPSA) is 146 Å². The predicted molar refractivity (Wildman–Crippen MR) is 98.1 cm³/mol. The van der Waals surface area contributed by atoms with E-state index in [1.807, 2.05) is 0 Å². The zero-order valence-electron chi connectivity index (χ0n) is 13.7. The van der Waals surface area contributed by atoms with E-state index in [2.05, 4.69) is 15.0 Å². The van der Waals surface area contributed by atoms with Gasteiger partial charge >= 0.3 is 0 Å².